The van der Waals surface area contributed by atoms with Crippen LogP contribution in [0.3, 0.4) is 0 Å². The molecular formula is C72H65N5OPt-2. The third-order valence-electron chi connectivity index (χ3n) is 17.0. The zero-order valence-corrected chi connectivity index (χ0v) is 49.7. The van der Waals surface area contributed by atoms with E-state index in [0.29, 0.717) is 11.5 Å². The van der Waals surface area contributed by atoms with E-state index < -0.39 is 5.41 Å². The minimum absolute atomic E-state index is 0. The van der Waals surface area contributed by atoms with Gasteiger partial charge in [0.2, 0.25) is 6.33 Å². The number of benzene rings is 8. The van der Waals surface area contributed by atoms with Gasteiger partial charge in [-0.2, -0.15) is 12.1 Å². The molecule has 12 aromatic rings. The normalized spacial score (nSPS) is 13.9. The van der Waals surface area contributed by atoms with E-state index >= 15 is 0 Å². The molecule has 0 saturated heterocycles. The van der Waals surface area contributed by atoms with Crippen molar-refractivity contribution >= 4 is 54.6 Å². The molecule has 4 aromatic heterocycles. The molecule has 1 aliphatic heterocycles. The van der Waals surface area contributed by atoms with Gasteiger partial charge in [-0.15, -0.1) is 35.2 Å². The number of fused-ring (bicyclic) bond motifs is 15. The molecule has 0 fully saturated rings. The van der Waals surface area contributed by atoms with Crippen LogP contribution in [0.2, 0.25) is 0 Å². The summed E-state index contributed by atoms with van der Waals surface area (Å²) >= 11 is 0. The van der Waals surface area contributed by atoms with Crippen molar-refractivity contribution in [1.29, 1.82) is 0 Å². The predicted octanol–water partition coefficient (Wildman–Crippen LogP) is 17.1. The maximum absolute atomic E-state index is 7.08. The van der Waals surface area contributed by atoms with Gasteiger partial charge in [0.15, 0.2) is 0 Å². The van der Waals surface area contributed by atoms with E-state index in [-0.39, 0.29) is 42.7 Å². The standard InChI is InChI=1S/C72H65N5O.Pt/c1-68(2,3)43-35-52-53-36-44(69(4,5)6)38-57(71(10,11)12)66(53)72(65(52)56(37-43)70(7,8)9)54-32-30-47(41-63(54)75-42-74(13)61-28-20-24-55(72)67(61)75)78-46-29-31-51-50-23-16-19-27-60(50)77(62(51)40-46)64-39-45(33-34-73-64)76-58-25-17-14-21-48(58)49-22-15-18-26-59(49)76;/h14-39H,1-13H3;/q-2;. The molecule has 0 atom stereocenters. The van der Waals surface area contributed by atoms with Crippen molar-refractivity contribution in [3.05, 3.63) is 221 Å². The van der Waals surface area contributed by atoms with Crippen molar-refractivity contribution in [2.45, 2.75) is 110 Å². The van der Waals surface area contributed by atoms with Crippen LogP contribution < -0.4 is 9.30 Å². The Bertz CT molecular complexity index is 4400. The van der Waals surface area contributed by atoms with Gasteiger partial charge in [-0.05, 0) is 101 Å². The number of aromatic nitrogens is 5. The summed E-state index contributed by atoms with van der Waals surface area (Å²) in [5.74, 6) is 1.98. The Hall–Kier alpha value is -7.53. The van der Waals surface area contributed by atoms with Gasteiger partial charge >= 0.3 is 0 Å². The van der Waals surface area contributed by atoms with E-state index in [1.54, 1.807) is 0 Å². The van der Waals surface area contributed by atoms with Crippen molar-refractivity contribution in [2.75, 3.05) is 0 Å². The second-order valence-corrected chi connectivity index (χ2v) is 26.2. The molecule has 396 valence electrons. The summed E-state index contributed by atoms with van der Waals surface area (Å²) in [5, 5.41) is 4.63. The number of hydrogen-bond donors (Lipinski definition) is 0. The molecule has 79 heavy (non-hydrogen) atoms. The molecule has 1 spiro atoms. The Morgan fingerprint density at radius 1 is 0.506 bits per heavy atom. The van der Waals surface area contributed by atoms with Gasteiger partial charge in [0.25, 0.3) is 0 Å². The second-order valence-electron chi connectivity index (χ2n) is 26.2. The first-order valence-corrected chi connectivity index (χ1v) is 27.6. The summed E-state index contributed by atoms with van der Waals surface area (Å²) in [6.45, 7) is 28.5. The number of imidazole rings is 1. The maximum Gasteiger partial charge on any atom is 0.242 e. The number of pyridine rings is 1. The average Bonchev–Trinajstić information content (AvgIpc) is 2.24. The summed E-state index contributed by atoms with van der Waals surface area (Å²) in [4.78, 5) is 5.07. The zero-order valence-electron chi connectivity index (χ0n) is 47.5. The molecule has 5 heterocycles. The summed E-state index contributed by atoms with van der Waals surface area (Å²) < 4.78 is 16.0. The van der Waals surface area contributed by atoms with Crippen molar-refractivity contribution in [3.8, 4) is 39.8 Å². The number of aryl methyl sites for hydroxylation is 1. The van der Waals surface area contributed by atoms with Gasteiger partial charge in [0.1, 0.15) is 5.82 Å². The molecule has 8 aromatic carbocycles. The van der Waals surface area contributed by atoms with E-state index in [1.165, 1.54) is 66.4 Å². The van der Waals surface area contributed by atoms with Gasteiger partial charge in [0.05, 0.1) is 34.8 Å². The van der Waals surface area contributed by atoms with Crippen molar-refractivity contribution in [2.24, 2.45) is 7.05 Å². The number of para-hydroxylation sites is 4. The third kappa shape index (κ3) is 7.39. The topological polar surface area (TPSA) is 40.8 Å². The Balaban J connectivity index is 0.00000591. The van der Waals surface area contributed by atoms with Crippen LogP contribution in [-0.4, -0.2) is 18.7 Å². The van der Waals surface area contributed by atoms with Crippen molar-refractivity contribution in [3.63, 3.8) is 0 Å². The number of rotatable bonds is 4. The van der Waals surface area contributed by atoms with Gasteiger partial charge in [-0.3, -0.25) is 0 Å². The smallest absolute Gasteiger partial charge is 0.242 e. The molecule has 6 nitrogen and oxygen atoms in total. The SMILES string of the molecule is C[n+]1[c-]n2c3c(cccc31)C1(c3ccc(Oc4[c-]c5c(cc4)c4ccccc4n5-c4cc(-n5c6ccccc6c6ccccc65)ccn4)[c-]c3-2)c2c(cc(C(C)(C)C)cc2C(C)(C)C)-c2cc(C(C)(C)C)cc(C(C)(C)C)c21.[Pt]. The van der Waals surface area contributed by atoms with Crippen LogP contribution in [0, 0.1) is 18.5 Å². The van der Waals surface area contributed by atoms with Crippen LogP contribution in [0.1, 0.15) is 128 Å². The summed E-state index contributed by atoms with van der Waals surface area (Å²) in [5.41, 5.74) is 20.4. The minimum atomic E-state index is -0.714. The minimum Gasteiger partial charge on any atom is -0.510 e. The van der Waals surface area contributed by atoms with E-state index in [4.69, 9.17) is 9.72 Å². The van der Waals surface area contributed by atoms with E-state index in [0.717, 1.165) is 61.1 Å². The fourth-order valence-corrected chi connectivity index (χ4v) is 13.3. The molecule has 7 heteroatoms. The van der Waals surface area contributed by atoms with Crippen LogP contribution in [0.4, 0.5) is 0 Å². The molecule has 0 amide bonds. The molecular weight excluding hydrogens is 1150 g/mol. The summed E-state index contributed by atoms with van der Waals surface area (Å²) in [6, 6.07) is 63.5. The summed E-state index contributed by atoms with van der Waals surface area (Å²) in [6.07, 6.45) is 5.69. The first-order valence-electron chi connectivity index (χ1n) is 27.6. The first-order chi connectivity index (χ1) is 37.1. The fraction of sp³-hybridized carbons (Fsp3) is 0.250. The zero-order chi connectivity index (χ0) is 54.2. The van der Waals surface area contributed by atoms with Crippen molar-refractivity contribution < 1.29 is 30.4 Å². The Labute approximate surface area is 478 Å². The second kappa shape index (κ2) is 17.2. The molecule has 14 rings (SSSR count). The number of hydrogen-bond acceptors (Lipinski definition) is 2. The molecule has 0 unspecified atom stereocenters. The predicted molar refractivity (Wildman–Crippen MR) is 320 cm³/mol. The van der Waals surface area contributed by atoms with E-state index in [1.807, 2.05) is 12.3 Å². The Morgan fingerprint density at radius 3 is 1.61 bits per heavy atom. The van der Waals surface area contributed by atoms with Crippen LogP contribution in [-0.2, 0) is 55.2 Å². The van der Waals surface area contributed by atoms with Crippen molar-refractivity contribution in [1.82, 2.24) is 18.7 Å². The number of ether oxygens (including phenoxy) is 1. The first kappa shape index (κ1) is 50.9. The molecule has 0 N–H and O–H groups in total. The van der Waals surface area contributed by atoms with Gasteiger partial charge in [0, 0.05) is 66.5 Å². The van der Waals surface area contributed by atoms with E-state index in [9.17, 15) is 0 Å². The molecule has 0 bridgehead atoms. The molecule has 0 radical (unpaired) electrons. The van der Waals surface area contributed by atoms with Gasteiger partial charge < -0.3 is 23.0 Å². The van der Waals surface area contributed by atoms with Crippen LogP contribution >= 0.6 is 0 Å². The molecule has 2 aliphatic rings. The summed E-state index contributed by atoms with van der Waals surface area (Å²) in [7, 11) is 2.11. The monoisotopic (exact) mass is 1210 g/mol. The van der Waals surface area contributed by atoms with Gasteiger partial charge in [-0.25, -0.2) is 4.98 Å². The van der Waals surface area contributed by atoms with Crippen LogP contribution in [0.25, 0.3) is 83.0 Å². The third-order valence-corrected chi connectivity index (χ3v) is 17.0. The largest absolute Gasteiger partial charge is 0.510 e. The average molecular weight is 1210 g/mol. The Morgan fingerprint density at radius 2 is 1.04 bits per heavy atom. The van der Waals surface area contributed by atoms with Gasteiger partial charge in [-0.1, -0.05) is 191 Å². The number of nitrogens with zero attached hydrogens (tertiary/aromatic N) is 5. The Kier molecular flexibility index (Phi) is 11.1. The quantitative estimate of drug-likeness (QED) is 0.130. The fourth-order valence-electron chi connectivity index (χ4n) is 13.3. The van der Waals surface area contributed by atoms with E-state index in [2.05, 4.69) is 272 Å². The van der Waals surface area contributed by atoms with Crippen LogP contribution in [0.5, 0.6) is 11.5 Å². The molecule has 1 aliphatic carbocycles. The van der Waals surface area contributed by atoms with Crippen LogP contribution in [0.15, 0.2) is 158 Å². The molecule has 0 saturated carbocycles. The maximum atomic E-state index is 7.08.